The fraction of sp³-hybridized carbons (Fsp3) is 0.333. The maximum absolute atomic E-state index is 12.0. The summed E-state index contributed by atoms with van der Waals surface area (Å²) in [5.74, 6) is -0.864. The van der Waals surface area contributed by atoms with E-state index in [1.54, 1.807) is 12.1 Å². The minimum Gasteiger partial charge on any atom is -0.467 e. The molecule has 0 fully saturated rings. The molecule has 0 bridgehead atoms. The molecule has 0 unspecified atom stereocenters. The summed E-state index contributed by atoms with van der Waals surface area (Å²) in [5.41, 5.74) is 0.482. The molecule has 1 aromatic rings. The van der Waals surface area contributed by atoms with Gasteiger partial charge in [0.25, 0.3) is 5.91 Å². The maximum atomic E-state index is 12.0. The number of halogens is 1. The molecular weight excluding hydrogens is 374 g/mol. The predicted octanol–water partition coefficient (Wildman–Crippen LogP) is 0.333. The predicted molar refractivity (Wildman–Crippen MR) is 83.2 cm³/mol. The molecule has 107 valence electrons. The smallest absolute Gasteiger partial charge is 0.395 e. The lowest BCUT2D eigenvalue weighted by atomic mass is 10.1. The van der Waals surface area contributed by atoms with E-state index in [4.69, 9.17) is 4.65 Å². The number of rotatable bonds is 7. The second kappa shape index (κ2) is 8.93. The Morgan fingerprint density at radius 2 is 1.95 bits per heavy atom. The summed E-state index contributed by atoms with van der Waals surface area (Å²) in [6.45, 7) is 0.177. The zero-order valence-corrected chi connectivity index (χ0v) is 13.3. The SMILES string of the molecule is CO[B]NC[C@H](NC(=O)c1ccc(I)cc1)C(=O)OC. The summed E-state index contributed by atoms with van der Waals surface area (Å²) in [5, 5.41) is 5.36. The van der Waals surface area contributed by atoms with Crippen LogP contribution in [0.2, 0.25) is 0 Å². The van der Waals surface area contributed by atoms with Crippen LogP contribution >= 0.6 is 22.6 Å². The Hall–Kier alpha value is -1.13. The largest absolute Gasteiger partial charge is 0.467 e. The van der Waals surface area contributed by atoms with Gasteiger partial charge in [0.05, 0.1) is 7.11 Å². The molecular formula is C12H15BIN2O4. The zero-order chi connectivity index (χ0) is 15.0. The number of benzene rings is 1. The van der Waals surface area contributed by atoms with Crippen LogP contribution < -0.4 is 10.5 Å². The van der Waals surface area contributed by atoms with Gasteiger partial charge in [-0.2, -0.15) is 0 Å². The molecule has 8 heteroatoms. The summed E-state index contributed by atoms with van der Waals surface area (Å²) in [6.07, 6.45) is 0. The molecule has 1 atom stereocenters. The Bertz CT molecular complexity index is 455. The van der Waals surface area contributed by atoms with E-state index in [1.807, 2.05) is 12.1 Å². The number of nitrogens with one attached hydrogen (secondary N) is 2. The van der Waals surface area contributed by atoms with Crippen molar-refractivity contribution in [1.29, 1.82) is 0 Å². The number of ether oxygens (including phenoxy) is 1. The topological polar surface area (TPSA) is 76.7 Å². The average Bonchev–Trinajstić information content (AvgIpc) is 2.46. The second-order valence-corrected chi connectivity index (χ2v) is 5.06. The summed E-state index contributed by atoms with van der Waals surface area (Å²) < 4.78 is 10.4. The minimum absolute atomic E-state index is 0.177. The van der Waals surface area contributed by atoms with Gasteiger partial charge in [-0.05, 0) is 46.9 Å². The van der Waals surface area contributed by atoms with Crippen molar-refractivity contribution in [3.8, 4) is 0 Å². The lowest BCUT2D eigenvalue weighted by Crippen LogP contribution is -2.48. The number of carbonyl (C=O) groups excluding carboxylic acids is 2. The van der Waals surface area contributed by atoms with Gasteiger partial charge in [-0.15, -0.1) is 0 Å². The van der Waals surface area contributed by atoms with Gasteiger partial charge < -0.3 is 19.9 Å². The van der Waals surface area contributed by atoms with Crippen molar-refractivity contribution in [3.63, 3.8) is 0 Å². The van der Waals surface area contributed by atoms with Crippen molar-refractivity contribution < 1.29 is 19.0 Å². The van der Waals surface area contributed by atoms with Gasteiger partial charge in [-0.1, -0.05) is 0 Å². The van der Waals surface area contributed by atoms with E-state index in [9.17, 15) is 9.59 Å². The number of amides is 1. The molecule has 0 aliphatic rings. The fourth-order valence-corrected chi connectivity index (χ4v) is 1.79. The van der Waals surface area contributed by atoms with E-state index < -0.39 is 12.0 Å². The summed E-state index contributed by atoms with van der Waals surface area (Å²) in [7, 11) is 4.07. The van der Waals surface area contributed by atoms with E-state index in [0.29, 0.717) is 5.56 Å². The normalized spacial score (nSPS) is 11.6. The first-order chi connectivity index (χ1) is 9.58. The molecule has 1 amide bonds. The molecule has 0 saturated heterocycles. The van der Waals surface area contributed by atoms with Crippen LogP contribution in [0.1, 0.15) is 10.4 Å². The average molecular weight is 389 g/mol. The molecule has 0 spiro atoms. The van der Waals surface area contributed by atoms with Crippen molar-refractivity contribution in [1.82, 2.24) is 10.5 Å². The second-order valence-electron chi connectivity index (χ2n) is 3.82. The summed E-state index contributed by atoms with van der Waals surface area (Å²) >= 11 is 2.15. The van der Waals surface area contributed by atoms with Gasteiger partial charge in [0.2, 0.25) is 0 Å². The van der Waals surface area contributed by atoms with Crippen molar-refractivity contribution in [2.45, 2.75) is 6.04 Å². The number of hydrogen-bond acceptors (Lipinski definition) is 5. The number of hydrogen-bond donors (Lipinski definition) is 2. The van der Waals surface area contributed by atoms with Crippen molar-refractivity contribution in [3.05, 3.63) is 33.4 Å². The Morgan fingerprint density at radius 1 is 1.30 bits per heavy atom. The van der Waals surface area contributed by atoms with Gasteiger partial charge in [-0.25, -0.2) is 4.79 Å². The quantitative estimate of drug-likeness (QED) is 0.305. The molecule has 0 aromatic heterocycles. The third kappa shape index (κ3) is 5.47. The van der Waals surface area contributed by atoms with Crippen LogP contribution in [0.3, 0.4) is 0 Å². The molecule has 0 heterocycles. The minimum atomic E-state index is -0.793. The van der Waals surface area contributed by atoms with Crippen LogP contribution in [0.4, 0.5) is 0 Å². The molecule has 2 N–H and O–H groups in total. The monoisotopic (exact) mass is 389 g/mol. The molecule has 6 nitrogen and oxygen atoms in total. The molecule has 0 aliphatic heterocycles. The third-order valence-electron chi connectivity index (χ3n) is 2.42. The first-order valence-electron chi connectivity index (χ1n) is 5.80. The molecule has 1 aromatic carbocycles. The molecule has 0 aliphatic carbocycles. The fourth-order valence-electron chi connectivity index (χ4n) is 1.43. The molecule has 1 radical (unpaired) electrons. The standard InChI is InChI=1S/C12H15BIN2O4/c1-19-12(18)10(7-15-13-20-2)16-11(17)8-3-5-9(14)6-4-8/h3-6,10,15H,7H2,1-2H3,(H,16,17)/t10-/m0/s1. The van der Waals surface area contributed by atoms with Crippen LogP contribution in [0.5, 0.6) is 0 Å². The van der Waals surface area contributed by atoms with Gasteiger partial charge in [0, 0.05) is 22.8 Å². The Labute approximate surface area is 132 Å². The number of esters is 1. The van der Waals surface area contributed by atoms with Gasteiger partial charge >= 0.3 is 13.6 Å². The zero-order valence-electron chi connectivity index (χ0n) is 11.2. The molecule has 0 saturated carbocycles. The van der Waals surface area contributed by atoms with Crippen molar-refractivity contribution in [2.75, 3.05) is 20.8 Å². The lowest BCUT2D eigenvalue weighted by Gasteiger charge is -2.16. The van der Waals surface area contributed by atoms with E-state index in [0.717, 1.165) is 3.57 Å². The van der Waals surface area contributed by atoms with Crippen LogP contribution in [0.15, 0.2) is 24.3 Å². The first-order valence-corrected chi connectivity index (χ1v) is 6.88. The van der Waals surface area contributed by atoms with Crippen molar-refractivity contribution in [2.24, 2.45) is 0 Å². The van der Waals surface area contributed by atoms with Gasteiger partial charge in [0.1, 0.15) is 6.04 Å². The Balaban J connectivity index is 2.65. The number of methoxy groups -OCH3 is 1. The highest BCUT2D eigenvalue weighted by molar-refractivity contribution is 14.1. The van der Waals surface area contributed by atoms with E-state index in [2.05, 4.69) is 37.9 Å². The van der Waals surface area contributed by atoms with E-state index >= 15 is 0 Å². The highest BCUT2D eigenvalue weighted by Crippen LogP contribution is 2.07. The summed E-state index contributed by atoms with van der Waals surface area (Å²) in [6, 6.07) is 6.23. The maximum Gasteiger partial charge on any atom is 0.395 e. The highest BCUT2D eigenvalue weighted by atomic mass is 127. The molecule has 1 rings (SSSR count). The van der Waals surface area contributed by atoms with Gasteiger partial charge in [-0.3, -0.25) is 4.79 Å². The Kier molecular flexibility index (Phi) is 7.56. The van der Waals surface area contributed by atoms with Crippen LogP contribution in [0.25, 0.3) is 0 Å². The van der Waals surface area contributed by atoms with E-state index in [1.165, 1.54) is 21.8 Å². The highest BCUT2D eigenvalue weighted by Gasteiger charge is 2.21. The molecule has 20 heavy (non-hydrogen) atoms. The van der Waals surface area contributed by atoms with E-state index in [-0.39, 0.29) is 12.5 Å². The number of carbonyl (C=O) groups is 2. The first kappa shape index (κ1) is 16.9. The van der Waals surface area contributed by atoms with Crippen LogP contribution in [-0.4, -0.2) is 46.3 Å². The Morgan fingerprint density at radius 3 is 2.50 bits per heavy atom. The summed E-state index contributed by atoms with van der Waals surface area (Å²) in [4.78, 5) is 23.6. The van der Waals surface area contributed by atoms with Crippen molar-refractivity contribution >= 4 is 42.1 Å². The third-order valence-corrected chi connectivity index (χ3v) is 3.14. The van der Waals surface area contributed by atoms with Crippen LogP contribution in [0, 0.1) is 3.57 Å². The van der Waals surface area contributed by atoms with Gasteiger partial charge in [0.15, 0.2) is 0 Å². The lowest BCUT2D eigenvalue weighted by molar-refractivity contribution is -0.142. The van der Waals surface area contributed by atoms with Crippen LogP contribution in [-0.2, 0) is 14.2 Å².